The van der Waals surface area contributed by atoms with E-state index >= 15 is 0 Å². The fourth-order valence-electron chi connectivity index (χ4n) is 2.14. The summed E-state index contributed by atoms with van der Waals surface area (Å²) in [7, 11) is 4.52. The molecule has 0 spiro atoms. The molecule has 0 aliphatic rings. The van der Waals surface area contributed by atoms with Crippen LogP contribution in [0.25, 0.3) is 11.1 Å². The van der Waals surface area contributed by atoms with Crippen molar-refractivity contribution in [3.63, 3.8) is 0 Å². The van der Waals surface area contributed by atoms with Crippen molar-refractivity contribution in [2.24, 2.45) is 0 Å². The Bertz CT molecular complexity index is 715. The first-order valence-electron chi connectivity index (χ1n) is 6.32. The average Bonchev–Trinajstić information content (AvgIpc) is 2.53. The lowest BCUT2D eigenvalue weighted by Gasteiger charge is -2.16. The molecule has 2 rings (SSSR count). The number of carboxylic acid groups (broad SMARTS) is 1. The van der Waals surface area contributed by atoms with E-state index < -0.39 is 5.97 Å². The van der Waals surface area contributed by atoms with Crippen LogP contribution in [0.2, 0.25) is 0 Å². The molecule has 0 amide bonds. The molecule has 1 aromatic carbocycles. The van der Waals surface area contributed by atoms with Gasteiger partial charge in [-0.1, -0.05) is 0 Å². The largest absolute Gasteiger partial charge is 0.493 e. The van der Waals surface area contributed by atoms with Gasteiger partial charge in [-0.05, 0) is 24.3 Å². The molecule has 0 fully saturated rings. The van der Waals surface area contributed by atoms with E-state index in [9.17, 15) is 4.79 Å². The maximum absolute atomic E-state index is 10.9. The number of pyridine rings is 1. The number of carboxylic acids is 1. The number of hydrogen-bond acceptors (Lipinski definition) is 6. The predicted octanol–water partition coefficient (Wildman–Crippen LogP) is 2.05. The third-order valence-corrected chi connectivity index (χ3v) is 3.14. The maximum atomic E-state index is 10.9. The van der Waals surface area contributed by atoms with Crippen molar-refractivity contribution in [1.29, 1.82) is 0 Å². The zero-order chi connectivity index (χ0) is 16.3. The second kappa shape index (κ2) is 6.21. The minimum absolute atomic E-state index is 0.0884. The lowest BCUT2D eigenvalue weighted by atomic mass is 10.0. The number of hydrogen-bond donors (Lipinski definition) is 2. The smallest absolute Gasteiger partial charge is 0.354 e. The third kappa shape index (κ3) is 2.60. The first-order chi connectivity index (χ1) is 10.5. The number of methoxy groups -OCH3 is 3. The Morgan fingerprint density at radius 2 is 1.64 bits per heavy atom. The van der Waals surface area contributed by atoms with Crippen molar-refractivity contribution in [2.75, 3.05) is 27.1 Å². The highest BCUT2D eigenvalue weighted by Gasteiger charge is 2.19. The van der Waals surface area contributed by atoms with Crippen molar-refractivity contribution in [2.45, 2.75) is 0 Å². The minimum atomic E-state index is -1.14. The molecule has 116 valence electrons. The Balaban J connectivity index is 2.65. The van der Waals surface area contributed by atoms with E-state index in [1.807, 2.05) is 0 Å². The number of rotatable bonds is 5. The number of aromatic nitrogens is 1. The van der Waals surface area contributed by atoms with E-state index in [1.54, 1.807) is 18.2 Å². The van der Waals surface area contributed by atoms with Crippen LogP contribution < -0.4 is 19.9 Å². The summed E-state index contributed by atoms with van der Waals surface area (Å²) in [5, 5.41) is 8.94. The summed E-state index contributed by atoms with van der Waals surface area (Å²) in [6, 6.07) is 6.41. The van der Waals surface area contributed by atoms with E-state index in [4.69, 9.17) is 25.1 Å². The van der Waals surface area contributed by atoms with Crippen LogP contribution in [0.15, 0.2) is 24.3 Å². The van der Waals surface area contributed by atoms with Crippen LogP contribution in [-0.4, -0.2) is 37.4 Å². The van der Waals surface area contributed by atoms with Gasteiger partial charge >= 0.3 is 5.97 Å². The van der Waals surface area contributed by atoms with Crippen LogP contribution in [0.4, 0.5) is 5.82 Å². The van der Waals surface area contributed by atoms with Gasteiger partial charge < -0.3 is 25.1 Å². The standard InChI is InChI=1S/C15H16N2O5/c1-20-11-7-5-8(12(21-2)13(11)22-3)9-4-6-10(15(18)19)17-14(9)16/h4-7H,1-3H3,(H2,16,17)(H,18,19). The lowest BCUT2D eigenvalue weighted by molar-refractivity contribution is 0.0690. The van der Waals surface area contributed by atoms with Crippen LogP contribution in [0.1, 0.15) is 10.5 Å². The molecule has 0 saturated carbocycles. The molecule has 3 N–H and O–H groups in total. The first kappa shape index (κ1) is 15.4. The molecule has 0 unspecified atom stereocenters. The van der Waals surface area contributed by atoms with Crippen LogP contribution in [-0.2, 0) is 0 Å². The molecule has 1 heterocycles. The monoisotopic (exact) mass is 304 g/mol. The van der Waals surface area contributed by atoms with Crippen molar-refractivity contribution in [3.05, 3.63) is 30.0 Å². The molecule has 1 aromatic heterocycles. The van der Waals surface area contributed by atoms with Gasteiger partial charge in [0, 0.05) is 11.1 Å². The number of carbonyl (C=O) groups is 1. The second-order valence-electron chi connectivity index (χ2n) is 4.32. The Hall–Kier alpha value is -2.96. The van der Waals surface area contributed by atoms with E-state index in [0.29, 0.717) is 28.4 Å². The lowest BCUT2D eigenvalue weighted by Crippen LogP contribution is -2.05. The molecule has 0 saturated heterocycles. The molecule has 0 aliphatic carbocycles. The molecular weight excluding hydrogens is 288 g/mol. The first-order valence-corrected chi connectivity index (χ1v) is 6.32. The van der Waals surface area contributed by atoms with E-state index in [2.05, 4.69) is 4.98 Å². The molecule has 7 heteroatoms. The quantitative estimate of drug-likeness (QED) is 0.871. The van der Waals surface area contributed by atoms with Crippen molar-refractivity contribution in [1.82, 2.24) is 4.98 Å². The molecule has 0 radical (unpaired) electrons. The molecule has 22 heavy (non-hydrogen) atoms. The zero-order valence-electron chi connectivity index (χ0n) is 12.4. The Morgan fingerprint density at radius 3 is 2.14 bits per heavy atom. The van der Waals surface area contributed by atoms with Gasteiger partial charge in [-0.2, -0.15) is 0 Å². The van der Waals surface area contributed by atoms with Crippen LogP contribution in [0, 0.1) is 0 Å². The van der Waals surface area contributed by atoms with Gasteiger partial charge in [0.2, 0.25) is 5.75 Å². The maximum Gasteiger partial charge on any atom is 0.354 e. The molecule has 0 atom stereocenters. The summed E-state index contributed by atoms with van der Waals surface area (Å²) >= 11 is 0. The Kier molecular flexibility index (Phi) is 4.36. The molecule has 7 nitrogen and oxygen atoms in total. The van der Waals surface area contributed by atoms with E-state index in [0.717, 1.165) is 0 Å². The van der Waals surface area contributed by atoms with Gasteiger partial charge in [0.1, 0.15) is 5.82 Å². The van der Waals surface area contributed by atoms with Gasteiger partial charge in [0.25, 0.3) is 0 Å². The summed E-state index contributed by atoms with van der Waals surface area (Å²) < 4.78 is 15.9. The highest BCUT2D eigenvalue weighted by atomic mass is 16.5. The highest BCUT2D eigenvalue weighted by Crippen LogP contribution is 2.45. The van der Waals surface area contributed by atoms with E-state index in [-0.39, 0.29) is 11.5 Å². The number of aromatic carboxylic acids is 1. The predicted molar refractivity (Wildman–Crippen MR) is 80.7 cm³/mol. The molecular formula is C15H16N2O5. The Morgan fingerprint density at radius 1 is 1.00 bits per heavy atom. The Labute approximate surface area is 127 Å². The highest BCUT2D eigenvalue weighted by molar-refractivity contribution is 5.89. The van der Waals surface area contributed by atoms with Crippen LogP contribution >= 0.6 is 0 Å². The normalized spacial score (nSPS) is 10.1. The number of nitrogen functional groups attached to an aromatic ring is 1. The fraction of sp³-hybridized carbons (Fsp3) is 0.200. The van der Waals surface area contributed by atoms with Gasteiger partial charge in [-0.3, -0.25) is 0 Å². The molecule has 2 aromatic rings. The van der Waals surface area contributed by atoms with E-state index in [1.165, 1.54) is 27.4 Å². The van der Waals surface area contributed by atoms with Gasteiger partial charge in [-0.25, -0.2) is 9.78 Å². The number of benzene rings is 1. The van der Waals surface area contributed by atoms with Crippen molar-refractivity contribution in [3.8, 4) is 28.4 Å². The topological polar surface area (TPSA) is 104 Å². The van der Waals surface area contributed by atoms with Crippen LogP contribution in [0.3, 0.4) is 0 Å². The zero-order valence-corrected chi connectivity index (χ0v) is 12.4. The number of ether oxygens (including phenoxy) is 3. The summed E-state index contributed by atoms with van der Waals surface area (Å²) in [4.78, 5) is 14.8. The molecule has 0 bridgehead atoms. The summed E-state index contributed by atoms with van der Waals surface area (Å²) in [6.45, 7) is 0. The number of nitrogens with two attached hydrogens (primary N) is 1. The van der Waals surface area contributed by atoms with Gasteiger partial charge in [-0.15, -0.1) is 0 Å². The second-order valence-corrected chi connectivity index (χ2v) is 4.32. The SMILES string of the molecule is COc1ccc(-c2ccc(C(=O)O)nc2N)c(OC)c1OC. The average molecular weight is 304 g/mol. The number of anilines is 1. The summed E-state index contributed by atoms with van der Waals surface area (Å²) in [5.74, 6) is 0.308. The van der Waals surface area contributed by atoms with Gasteiger partial charge in [0.15, 0.2) is 17.2 Å². The third-order valence-electron chi connectivity index (χ3n) is 3.14. The number of nitrogens with zero attached hydrogens (tertiary/aromatic N) is 1. The fourth-order valence-corrected chi connectivity index (χ4v) is 2.14. The van der Waals surface area contributed by atoms with Crippen molar-refractivity contribution < 1.29 is 24.1 Å². The minimum Gasteiger partial charge on any atom is -0.493 e. The summed E-state index contributed by atoms with van der Waals surface area (Å²) in [5.41, 5.74) is 6.92. The van der Waals surface area contributed by atoms with Crippen molar-refractivity contribution >= 4 is 11.8 Å². The van der Waals surface area contributed by atoms with Gasteiger partial charge in [0.05, 0.1) is 21.3 Å². The van der Waals surface area contributed by atoms with Crippen LogP contribution in [0.5, 0.6) is 17.2 Å². The summed E-state index contributed by atoms with van der Waals surface area (Å²) in [6.07, 6.45) is 0. The molecule has 0 aliphatic heterocycles.